The zero-order valence-corrected chi connectivity index (χ0v) is 23.8. The van der Waals surface area contributed by atoms with Crippen LogP contribution in [0.2, 0.25) is 10.0 Å². The van der Waals surface area contributed by atoms with Crippen molar-refractivity contribution in [2.45, 2.75) is 65.6 Å². The standard InChI is InChI=1S/C26H35Cl2N3O4S/c1-6-23(26(33)29-18(2)3)30(17-20-13-14-21(27)16-22(20)28)25(32)12-9-15-31(36(5,34)35)24-11-8-7-10-19(24)4/h7-8,10-11,13-14,16,18,23H,6,9,12,15,17H2,1-5H3,(H,29,33)/t23-/m1/s1. The topological polar surface area (TPSA) is 86.8 Å². The van der Waals surface area contributed by atoms with E-state index in [0.717, 1.165) is 11.8 Å². The normalized spacial score (nSPS) is 12.3. The zero-order chi connectivity index (χ0) is 27.0. The Morgan fingerprint density at radius 2 is 1.75 bits per heavy atom. The summed E-state index contributed by atoms with van der Waals surface area (Å²) in [4.78, 5) is 27.9. The number of rotatable bonds is 12. The second-order valence-corrected chi connectivity index (χ2v) is 11.8. The molecule has 2 rings (SSSR count). The van der Waals surface area contributed by atoms with Crippen LogP contribution in [0.15, 0.2) is 42.5 Å². The summed E-state index contributed by atoms with van der Waals surface area (Å²) in [5.41, 5.74) is 2.08. The summed E-state index contributed by atoms with van der Waals surface area (Å²) in [7, 11) is -3.55. The van der Waals surface area contributed by atoms with Crippen LogP contribution in [0.25, 0.3) is 0 Å². The lowest BCUT2D eigenvalue weighted by Gasteiger charge is -2.32. The Hall–Kier alpha value is -2.29. The molecule has 0 saturated carbocycles. The first kappa shape index (κ1) is 29.9. The van der Waals surface area contributed by atoms with Crippen LogP contribution in [0, 0.1) is 6.92 Å². The molecule has 1 atom stereocenters. The molecular weight excluding hydrogens is 521 g/mol. The van der Waals surface area contributed by atoms with Gasteiger partial charge in [0.15, 0.2) is 0 Å². The van der Waals surface area contributed by atoms with Crippen LogP contribution in [0.1, 0.15) is 51.2 Å². The third-order valence-corrected chi connectivity index (χ3v) is 7.48. The van der Waals surface area contributed by atoms with Gasteiger partial charge < -0.3 is 10.2 Å². The molecule has 1 N–H and O–H groups in total. The molecule has 2 amide bonds. The van der Waals surface area contributed by atoms with Crippen molar-refractivity contribution in [3.05, 3.63) is 63.6 Å². The van der Waals surface area contributed by atoms with Gasteiger partial charge in [0.2, 0.25) is 21.8 Å². The molecule has 0 radical (unpaired) electrons. The third-order valence-electron chi connectivity index (χ3n) is 5.71. The van der Waals surface area contributed by atoms with E-state index in [0.29, 0.717) is 27.7 Å². The highest BCUT2D eigenvalue weighted by molar-refractivity contribution is 7.92. The SMILES string of the molecule is CC[C@H](C(=O)NC(C)C)N(Cc1ccc(Cl)cc1Cl)C(=O)CCCN(c1ccccc1C)S(C)(=O)=O. The summed E-state index contributed by atoms with van der Waals surface area (Å²) < 4.78 is 26.3. The molecule has 0 aromatic heterocycles. The minimum atomic E-state index is -3.55. The fourth-order valence-corrected chi connectivity index (χ4v) is 5.45. The summed E-state index contributed by atoms with van der Waals surface area (Å²) in [5, 5.41) is 3.77. The van der Waals surface area contributed by atoms with E-state index in [9.17, 15) is 18.0 Å². The van der Waals surface area contributed by atoms with Crippen molar-refractivity contribution in [3.63, 3.8) is 0 Å². The van der Waals surface area contributed by atoms with E-state index in [1.807, 2.05) is 39.8 Å². The van der Waals surface area contributed by atoms with Crippen LogP contribution in [0.3, 0.4) is 0 Å². The smallest absolute Gasteiger partial charge is 0.243 e. The van der Waals surface area contributed by atoms with E-state index in [1.54, 1.807) is 30.3 Å². The molecule has 0 fully saturated rings. The molecule has 2 aromatic carbocycles. The van der Waals surface area contributed by atoms with Crippen molar-refractivity contribution in [2.75, 3.05) is 17.1 Å². The number of nitrogens with one attached hydrogen (secondary N) is 1. The van der Waals surface area contributed by atoms with E-state index < -0.39 is 16.1 Å². The molecule has 7 nitrogen and oxygen atoms in total. The molecule has 0 saturated heterocycles. The van der Waals surface area contributed by atoms with Gasteiger partial charge in [0, 0.05) is 35.6 Å². The number of nitrogens with zero attached hydrogens (tertiary/aromatic N) is 2. The lowest BCUT2D eigenvalue weighted by Crippen LogP contribution is -2.50. The van der Waals surface area contributed by atoms with Gasteiger partial charge in [0.25, 0.3) is 0 Å². The summed E-state index contributed by atoms with van der Waals surface area (Å²) in [6.45, 7) is 7.68. The quantitative estimate of drug-likeness (QED) is 0.391. The fourth-order valence-electron chi connectivity index (χ4n) is 3.96. The zero-order valence-electron chi connectivity index (χ0n) is 21.4. The van der Waals surface area contributed by atoms with E-state index in [2.05, 4.69) is 5.32 Å². The minimum Gasteiger partial charge on any atom is -0.352 e. The van der Waals surface area contributed by atoms with Gasteiger partial charge in [0.1, 0.15) is 6.04 Å². The third kappa shape index (κ3) is 8.39. The number of hydrogen-bond donors (Lipinski definition) is 1. The molecule has 0 spiro atoms. The Labute approximate surface area is 224 Å². The maximum absolute atomic E-state index is 13.5. The predicted octanol–water partition coefficient (Wildman–Crippen LogP) is 5.18. The van der Waals surface area contributed by atoms with Crippen molar-refractivity contribution in [1.29, 1.82) is 0 Å². The summed E-state index contributed by atoms with van der Waals surface area (Å²) in [6, 6.07) is 11.5. The number of carbonyl (C=O) groups excluding carboxylic acids is 2. The molecule has 10 heteroatoms. The minimum absolute atomic E-state index is 0.0641. The second kappa shape index (κ2) is 13.3. The highest BCUT2D eigenvalue weighted by Gasteiger charge is 2.29. The number of carbonyl (C=O) groups is 2. The van der Waals surface area contributed by atoms with Gasteiger partial charge in [-0.15, -0.1) is 0 Å². The van der Waals surface area contributed by atoms with Crippen molar-refractivity contribution in [2.24, 2.45) is 0 Å². The van der Waals surface area contributed by atoms with Crippen LogP contribution < -0.4 is 9.62 Å². The molecule has 0 heterocycles. The van der Waals surface area contributed by atoms with Crippen LogP contribution in [0.5, 0.6) is 0 Å². The first-order valence-electron chi connectivity index (χ1n) is 11.9. The number of halogens is 2. The van der Waals surface area contributed by atoms with Gasteiger partial charge in [-0.3, -0.25) is 13.9 Å². The van der Waals surface area contributed by atoms with E-state index in [-0.39, 0.29) is 43.8 Å². The van der Waals surface area contributed by atoms with Crippen LogP contribution >= 0.6 is 23.2 Å². The maximum atomic E-state index is 13.5. The lowest BCUT2D eigenvalue weighted by atomic mass is 10.1. The van der Waals surface area contributed by atoms with Gasteiger partial charge in [-0.25, -0.2) is 8.42 Å². The maximum Gasteiger partial charge on any atom is 0.243 e. The number of hydrogen-bond acceptors (Lipinski definition) is 4. The van der Waals surface area contributed by atoms with Gasteiger partial charge in [-0.2, -0.15) is 0 Å². The molecule has 36 heavy (non-hydrogen) atoms. The largest absolute Gasteiger partial charge is 0.352 e. The average molecular weight is 557 g/mol. The van der Waals surface area contributed by atoms with Crippen LogP contribution in [-0.2, 0) is 26.2 Å². The Bertz CT molecular complexity index is 1170. The summed E-state index contributed by atoms with van der Waals surface area (Å²) >= 11 is 12.4. The number of benzene rings is 2. The number of anilines is 1. The van der Waals surface area contributed by atoms with Crippen molar-refractivity contribution in [3.8, 4) is 0 Å². The molecule has 198 valence electrons. The Morgan fingerprint density at radius 3 is 2.31 bits per heavy atom. The number of sulfonamides is 1. The molecule has 0 unspecified atom stereocenters. The molecule has 0 aliphatic carbocycles. The average Bonchev–Trinajstić information content (AvgIpc) is 2.77. The Kier molecular flexibility index (Phi) is 11.1. The number of amides is 2. The summed E-state index contributed by atoms with van der Waals surface area (Å²) in [6.07, 6.45) is 1.91. The van der Waals surface area contributed by atoms with E-state index in [1.165, 1.54) is 9.21 Å². The molecule has 0 aliphatic rings. The number of para-hydroxylation sites is 1. The first-order chi connectivity index (χ1) is 16.8. The van der Waals surface area contributed by atoms with Gasteiger partial charge in [0.05, 0.1) is 11.9 Å². The number of aryl methyl sites for hydroxylation is 1. The van der Waals surface area contributed by atoms with Crippen molar-refractivity contribution < 1.29 is 18.0 Å². The van der Waals surface area contributed by atoms with Crippen molar-refractivity contribution >= 4 is 50.7 Å². The van der Waals surface area contributed by atoms with Crippen molar-refractivity contribution in [1.82, 2.24) is 10.2 Å². The first-order valence-corrected chi connectivity index (χ1v) is 14.5. The predicted molar refractivity (Wildman–Crippen MR) is 147 cm³/mol. The van der Waals surface area contributed by atoms with Gasteiger partial charge in [-0.05, 0) is 62.9 Å². The highest BCUT2D eigenvalue weighted by Crippen LogP contribution is 2.25. The Balaban J connectivity index is 2.27. The lowest BCUT2D eigenvalue weighted by molar-refractivity contribution is -0.141. The second-order valence-electron chi connectivity index (χ2n) is 9.07. The van der Waals surface area contributed by atoms with Crippen LogP contribution in [0.4, 0.5) is 5.69 Å². The Morgan fingerprint density at radius 1 is 1.08 bits per heavy atom. The van der Waals surface area contributed by atoms with E-state index >= 15 is 0 Å². The molecular formula is C26H35Cl2N3O4S. The van der Waals surface area contributed by atoms with Crippen LogP contribution in [-0.4, -0.2) is 50.0 Å². The molecule has 0 aliphatic heterocycles. The molecule has 0 bridgehead atoms. The van der Waals surface area contributed by atoms with Gasteiger partial charge >= 0.3 is 0 Å². The van der Waals surface area contributed by atoms with Gasteiger partial charge in [-0.1, -0.05) is 54.4 Å². The van der Waals surface area contributed by atoms with E-state index in [4.69, 9.17) is 23.2 Å². The highest BCUT2D eigenvalue weighted by atomic mass is 35.5. The summed E-state index contributed by atoms with van der Waals surface area (Å²) in [5.74, 6) is -0.506. The molecule has 2 aromatic rings. The fraction of sp³-hybridized carbons (Fsp3) is 0.462. The monoisotopic (exact) mass is 555 g/mol.